The third-order valence-electron chi connectivity index (χ3n) is 12.7. The smallest absolute Gasteiger partial charge is 0.160 e. The monoisotopic (exact) mass is 766 g/mol. The molecule has 0 saturated heterocycles. The molecule has 0 aliphatic heterocycles. The fourth-order valence-corrected chi connectivity index (χ4v) is 9.69. The predicted octanol–water partition coefficient (Wildman–Crippen LogP) is 15.3. The highest BCUT2D eigenvalue weighted by molar-refractivity contribution is 6.12. The Morgan fingerprint density at radius 2 is 0.967 bits per heavy atom. The molecule has 9 aromatic carbocycles. The average Bonchev–Trinajstić information content (AvgIpc) is 3.79. The maximum absolute atomic E-state index is 6.31. The molecule has 3 nitrogen and oxygen atoms in total. The molecule has 0 N–H and O–H groups in total. The second-order valence-electron chi connectivity index (χ2n) is 16.5. The van der Waals surface area contributed by atoms with Gasteiger partial charge in [-0.1, -0.05) is 166 Å². The van der Waals surface area contributed by atoms with Gasteiger partial charge in [0.05, 0.1) is 11.4 Å². The van der Waals surface area contributed by atoms with Crippen LogP contribution in [0.25, 0.3) is 111 Å². The molecule has 1 aliphatic rings. The zero-order chi connectivity index (χ0) is 40.0. The Kier molecular flexibility index (Phi) is 7.58. The molecule has 1 aliphatic carbocycles. The largest absolute Gasteiger partial charge is 0.456 e. The maximum Gasteiger partial charge on any atom is 0.160 e. The van der Waals surface area contributed by atoms with Gasteiger partial charge in [-0.25, -0.2) is 9.97 Å². The van der Waals surface area contributed by atoms with Gasteiger partial charge in [-0.15, -0.1) is 0 Å². The Morgan fingerprint density at radius 3 is 1.80 bits per heavy atom. The Balaban J connectivity index is 0.988. The molecule has 0 spiro atoms. The van der Waals surface area contributed by atoms with Crippen molar-refractivity contribution in [3.8, 4) is 67.3 Å². The first-order valence-electron chi connectivity index (χ1n) is 20.6. The van der Waals surface area contributed by atoms with Crippen LogP contribution in [0.5, 0.6) is 0 Å². The number of aromatic nitrogens is 2. The van der Waals surface area contributed by atoms with Crippen molar-refractivity contribution in [2.24, 2.45) is 0 Å². The van der Waals surface area contributed by atoms with Crippen LogP contribution in [-0.2, 0) is 5.41 Å². The standard InChI is InChI=1S/C57H38N2O/c1-57(2)49-29-26-39(32-47(49)48-31-37-16-6-7-17-38(37)33-50(48)57)36-18-12-19-40(30-36)41-27-28-44(43-21-9-8-20-42(41)43)51-34-52(59-56(58-51)35-14-4-3-5-15-35)45-23-13-25-54-55(45)46-22-10-11-24-53(46)60-54/h3-34H,1-2H3. The van der Waals surface area contributed by atoms with Crippen molar-refractivity contribution in [1.82, 2.24) is 9.97 Å². The number of fused-ring (bicyclic) bond motifs is 8. The van der Waals surface area contributed by atoms with Crippen LogP contribution < -0.4 is 0 Å². The number of rotatable bonds is 5. The normalized spacial score (nSPS) is 13.0. The average molecular weight is 767 g/mol. The van der Waals surface area contributed by atoms with E-state index in [4.69, 9.17) is 14.4 Å². The molecule has 11 aromatic rings. The molecular formula is C57H38N2O. The molecule has 0 radical (unpaired) electrons. The minimum atomic E-state index is -0.0665. The van der Waals surface area contributed by atoms with E-state index in [9.17, 15) is 0 Å². The summed E-state index contributed by atoms with van der Waals surface area (Å²) in [5.74, 6) is 0.683. The molecule has 0 bridgehead atoms. The van der Waals surface area contributed by atoms with E-state index in [0.29, 0.717) is 5.82 Å². The van der Waals surface area contributed by atoms with Crippen molar-refractivity contribution in [1.29, 1.82) is 0 Å². The lowest BCUT2D eigenvalue weighted by atomic mass is 9.81. The van der Waals surface area contributed by atoms with Crippen molar-refractivity contribution in [2.45, 2.75) is 19.3 Å². The molecule has 0 fully saturated rings. The molecule has 0 unspecified atom stereocenters. The highest BCUT2D eigenvalue weighted by atomic mass is 16.3. The Hall–Kier alpha value is -7.62. The van der Waals surface area contributed by atoms with E-state index < -0.39 is 0 Å². The van der Waals surface area contributed by atoms with Gasteiger partial charge in [0.1, 0.15) is 11.2 Å². The first kappa shape index (κ1) is 34.4. The van der Waals surface area contributed by atoms with E-state index in [1.165, 1.54) is 60.7 Å². The lowest BCUT2D eigenvalue weighted by Gasteiger charge is -2.22. The van der Waals surface area contributed by atoms with E-state index in [1.54, 1.807) is 0 Å². The first-order valence-corrected chi connectivity index (χ1v) is 20.6. The fourth-order valence-electron chi connectivity index (χ4n) is 9.69. The van der Waals surface area contributed by atoms with Crippen LogP contribution in [-0.4, -0.2) is 9.97 Å². The van der Waals surface area contributed by atoms with Gasteiger partial charge in [0.15, 0.2) is 5.82 Å². The summed E-state index contributed by atoms with van der Waals surface area (Å²) < 4.78 is 6.31. The quantitative estimate of drug-likeness (QED) is 0.175. The van der Waals surface area contributed by atoms with Crippen molar-refractivity contribution >= 4 is 43.5 Å². The molecule has 282 valence electrons. The van der Waals surface area contributed by atoms with Gasteiger partial charge >= 0.3 is 0 Å². The Labute approximate surface area is 348 Å². The van der Waals surface area contributed by atoms with Crippen LogP contribution >= 0.6 is 0 Å². The highest BCUT2D eigenvalue weighted by Crippen LogP contribution is 2.51. The second kappa shape index (κ2) is 13.2. The van der Waals surface area contributed by atoms with E-state index in [2.05, 4.69) is 166 Å². The number of furan rings is 1. The highest BCUT2D eigenvalue weighted by Gasteiger charge is 2.36. The van der Waals surface area contributed by atoms with Crippen molar-refractivity contribution in [2.75, 3.05) is 0 Å². The molecule has 0 amide bonds. The zero-order valence-electron chi connectivity index (χ0n) is 33.3. The van der Waals surface area contributed by atoms with Gasteiger partial charge in [0, 0.05) is 32.9 Å². The number of hydrogen-bond acceptors (Lipinski definition) is 3. The molecule has 2 aromatic heterocycles. The minimum Gasteiger partial charge on any atom is -0.456 e. The number of benzene rings is 9. The first-order chi connectivity index (χ1) is 29.5. The maximum atomic E-state index is 6.31. The van der Waals surface area contributed by atoms with Crippen LogP contribution in [0.2, 0.25) is 0 Å². The van der Waals surface area contributed by atoms with E-state index >= 15 is 0 Å². The summed E-state index contributed by atoms with van der Waals surface area (Å²) in [4.78, 5) is 10.5. The summed E-state index contributed by atoms with van der Waals surface area (Å²) >= 11 is 0. The predicted molar refractivity (Wildman–Crippen MR) is 249 cm³/mol. The third-order valence-corrected chi connectivity index (χ3v) is 12.7. The number of para-hydroxylation sites is 1. The van der Waals surface area contributed by atoms with Crippen LogP contribution in [0.4, 0.5) is 0 Å². The fraction of sp³-hybridized carbons (Fsp3) is 0.0526. The molecule has 0 atom stereocenters. The number of hydrogen-bond donors (Lipinski definition) is 0. The molecule has 0 saturated carbocycles. The van der Waals surface area contributed by atoms with Gasteiger partial charge in [-0.3, -0.25) is 0 Å². The van der Waals surface area contributed by atoms with Gasteiger partial charge in [0.25, 0.3) is 0 Å². The van der Waals surface area contributed by atoms with Crippen molar-refractivity contribution in [3.63, 3.8) is 0 Å². The Morgan fingerprint density at radius 1 is 0.367 bits per heavy atom. The minimum absolute atomic E-state index is 0.0665. The Bertz CT molecular complexity index is 3520. The lowest BCUT2D eigenvalue weighted by molar-refractivity contribution is 0.661. The van der Waals surface area contributed by atoms with E-state index in [-0.39, 0.29) is 5.41 Å². The van der Waals surface area contributed by atoms with Gasteiger partial charge < -0.3 is 4.42 Å². The van der Waals surface area contributed by atoms with Crippen molar-refractivity contribution in [3.05, 3.63) is 205 Å². The SMILES string of the molecule is CC1(C)c2ccc(-c3cccc(-c4ccc(-c5cc(-c6cccc7oc8ccccc8c67)nc(-c6ccccc6)n5)c5ccccc45)c3)cc2-c2cc3ccccc3cc21. The lowest BCUT2D eigenvalue weighted by Crippen LogP contribution is -2.14. The molecule has 3 heteroatoms. The molecular weight excluding hydrogens is 729 g/mol. The van der Waals surface area contributed by atoms with Gasteiger partial charge in [-0.05, 0) is 109 Å². The van der Waals surface area contributed by atoms with Crippen LogP contribution in [0, 0.1) is 0 Å². The van der Waals surface area contributed by atoms with Crippen molar-refractivity contribution < 1.29 is 4.42 Å². The molecule has 12 rings (SSSR count). The van der Waals surface area contributed by atoms with Crippen LogP contribution in [0.15, 0.2) is 199 Å². The van der Waals surface area contributed by atoms with E-state index in [0.717, 1.165) is 55.4 Å². The summed E-state index contributed by atoms with van der Waals surface area (Å²) in [5.41, 5.74) is 16.6. The van der Waals surface area contributed by atoms with Gasteiger partial charge in [0.2, 0.25) is 0 Å². The summed E-state index contributed by atoms with van der Waals surface area (Å²) in [6.07, 6.45) is 0. The van der Waals surface area contributed by atoms with Crippen LogP contribution in [0.3, 0.4) is 0 Å². The topological polar surface area (TPSA) is 38.9 Å². The zero-order valence-corrected chi connectivity index (χ0v) is 33.3. The summed E-state index contributed by atoms with van der Waals surface area (Å²) in [7, 11) is 0. The molecule has 2 heterocycles. The number of nitrogens with zero attached hydrogens (tertiary/aromatic N) is 2. The second-order valence-corrected chi connectivity index (χ2v) is 16.5. The third kappa shape index (κ3) is 5.36. The van der Waals surface area contributed by atoms with E-state index in [1.807, 2.05) is 42.5 Å². The summed E-state index contributed by atoms with van der Waals surface area (Å²) in [6, 6.07) is 69.6. The van der Waals surface area contributed by atoms with Crippen LogP contribution in [0.1, 0.15) is 25.0 Å². The molecule has 60 heavy (non-hydrogen) atoms. The summed E-state index contributed by atoms with van der Waals surface area (Å²) in [6.45, 7) is 4.71. The van der Waals surface area contributed by atoms with Gasteiger partial charge in [-0.2, -0.15) is 0 Å². The summed E-state index contributed by atoms with van der Waals surface area (Å²) in [5, 5.41) is 7.01.